The molecule has 0 atom stereocenters. The third-order valence-corrected chi connectivity index (χ3v) is 8.32. The van der Waals surface area contributed by atoms with E-state index in [2.05, 4.69) is 41.5 Å². The molecule has 82 valence electrons. The largest absolute Gasteiger partial charge is 0.442 e. The maximum atomic E-state index is 10.4. The first-order chi connectivity index (χ1) is 5.83. The molecule has 2 N–H and O–H groups in total. The fourth-order valence-corrected chi connectivity index (χ4v) is 6.00. The summed E-state index contributed by atoms with van der Waals surface area (Å²) in [6, 6.07) is 0. The molecule has 13 heavy (non-hydrogen) atoms. The van der Waals surface area contributed by atoms with Gasteiger partial charge in [0.1, 0.15) is 10.5 Å². The van der Waals surface area contributed by atoms with Crippen molar-refractivity contribution in [1.82, 2.24) is 0 Å². The highest BCUT2D eigenvalue weighted by molar-refractivity contribution is 6.76. The molecule has 0 unspecified atom stereocenters. The van der Waals surface area contributed by atoms with Crippen LogP contribution in [0, 0.1) is 0 Å². The van der Waals surface area contributed by atoms with Gasteiger partial charge in [-0.1, -0.05) is 41.5 Å². The van der Waals surface area contributed by atoms with Gasteiger partial charge in [0.05, 0.1) is 0 Å². The topological polar surface area (TPSA) is 40.5 Å². The highest BCUT2D eigenvalue weighted by atomic mass is 28.4. The molecule has 0 aromatic carbocycles. The molecule has 0 aromatic rings. The van der Waals surface area contributed by atoms with E-state index >= 15 is 0 Å². The highest BCUT2D eigenvalue weighted by Gasteiger charge is 2.41. The second-order valence-electron chi connectivity index (χ2n) is 4.35. The van der Waals surface area contributed by atoms with Crippen molar-refractivity contribution in [3.63, 3.8) is 0 Å². The van der Waals surface area contributed by atoms with Gasteiger partial charge in [0.2, 0.25) is 0 Å². The van der Waals surface area contributed by atoms with Crippen molar-refractivity contribution in [2.75, 3.05) is 0 Å². The minimum Gasteiger partial charge on any atom is -0.442 e. The van der Waals surface area contributed by atoms with Gasteiger partial charge in [-0.15, -0.1) is 0 Å². The van der Waals surface area contributed by atoms with E-state index in [1.807, 2.05) is 0 Å². The van der Waals surface area contributed by atoms with Gasteiger partial charge in [-0.05, 0) is 16.6 Å². The smallest absolute Gasteiger partial charge is 0.196 e. The monoisotopic (exact) mass is 222 g/mol. The molecule has 0 bridgehead atoms. The molecule has 0 rings (SSSR count). The summed E-state index contributed by atoms with van der Waals surface area (Å²) in [6.07, 6.45) is 0. The van der Waals surface area contributed by atoms with Gasteiger partial charge >= 0.3 is 0 Å². The van der Waals surface area contributed by atoms with E-state index in [0.29, 0.717) is 27.1 Å². The van der Waals surface area contributed by atoms with E-state index in [9.17, 15) is 4.80 Å². The Hall–Kier alpha value is 0.354. The summed E-state index contributed by atoms with van der Waals surface area (Å²) in [5, 5.41) is 0. The Morgan fingerprint density at radius 2 is 0.923 bits per heavy atom. The van der Waals surface area contributed by atoms with Crippen molar-refractivity contribution in [3.8, 4) is 0 Å². The molecule has 0 radical (unpaired) electrons. The zero-order valence-electron chi connectivity index (χ0n) is 10.1. The molecule has 0 aliphatic carbocycles. The Labute approximate surface area is 87.1 Å². The molecule has 0 aromatic heterocycles. The van der Waals surface area contributed by atoms with Gasteiger partial charge in [-0.3, -0.25) is 0 Å². The van der Waals surface area contributed by atoms with Crippen molar-refractivity contribution in [2.24, 2.45) is 0 Å². The molecule has 4 heteroatoms. The van der Waals surface area contributed by atoms with Crippen LogP contribution in [-0.4, -0.2) is 28.4 Å². The second-order valence-corrected chi connectivity index (χ2v) is 9.59. The molecule has 0 heterocycles. The summed E-state index contributed by atoms with van der Waals surface area (Å²) < 4.78 is 0. The Kier molecular flexibility index (Phi) is 8.22. The van der Waals surface area contributed by atoms with Crippen molar-refractivity contribution in [3.05, 3.63) is 0 Å². The molecule has 2 nitrogen and oxygen atoms in total. The lowest BCUT2D eigenvalue weighted by atomic mass is 10.5. The standard InChI is InChI=1S/C9H22OSi.H4OSi/c1-7(2)11(10,8(3)4)9(5)6;1-2/h7-10H,1-6H3;1H,2H3. The average molecular weight is 222 g/mol. The first-order valence-corrected chi connectivity index (χ1v) is 8.07. The van der Waals surface area contributed by atoms with E-state index in [0.717, 1.165) is 0 Å². The van der Waals surface area contributed by atoms with Crippen LogP contribution in [0.2, 0.25) is 16.6 Å². The Morgan fingerprint density at radius 3 is 0.923 bits per heavy atom. The number of hydrogen-bond acceptors (Lipinski definition) is 2. The molecular weight excluding hydrogens is 196 g/mol. The van der Waals surface area contributed by atoms with Gasteiger partial charge in [0, 0.05) is 0 Å². The fourth-order valence-electron chi connectivity index (χ4n) is 2.00. The molecule has 0 saturated carbocycles. The number of rotatable bonds is 3. The van der Waals surface area contributed by atoms with Gasteiger partial charge in [0.25, 0.3) is 0 Å². The average Bonchev–Trinajstić information content (AvgIpc) is 2.05. The van der Waals surface area contributed by atoms with Gasteiger partial charge in [-0.25, -0.2) is 0 Å². The second kappa shape index (κ2) is 6.76. The lowest BCUT2D eigenvalue weighted by Gasteiger charge is -2.36. The van der Waals surface area contributed by atoms with Crippen molar-refractivity contribution >= 4 is 18.8 Å². The highest BCUT2D eigenvalue weighted by Crippen LogP contribution is 2.38. The van der Waals surface area contributed by atoms with Crippen LogP contribution in [0.4, 0.5) is 0 Å². The third-order valence-electron chi connectivity index (χ3n) is 2.77. The minimum absolute atomic E-state index is 0.306. The Bertz CT molecular complexity index is 103. The van der Waals surface area contributed by atoms with Crippen LogP contribution in [0.25, 0.3) is 0 Å². The molecule has 0 aliphatic rings. The minimum atomic E-state index is -1.98. The summed E-state index contributed by atoms with van der Waals surface area (Å²) in [4.78, 5) is 17.5. The molecule has 0 aliphatic heterocycles. The van der Waals surface area contributed by atoms with Crippen LogP contribution in [0.1, 0.15) is 41.5 Å². The molecular formula is C9H26O2Si2. The van der Waals surface area contributed by atoms with E-state index in [-0.39, 0.29) is 0 Å². The summed E-state index contributed by atoms with van der Waals surface area (Å²) in [5.41, 5.74) is 1.42. The van der Waals surface area contributed by atoms with Crippen LogP contribution < -0.4 is 0 Å². The zero-order chi connectivity index (χ0) is 11.2. The summed E-state index contributed by atoms with van der Waals surface area (Å²) >= 11 is 0. The Morgan fingerprint density at radius 1 is 0.769 bits per heavy atom. The quantitative estimate of drug-likeness (QED) is 0.709. The van der Waals surface area contributed by atoms with Crippen molar-refractivity contribution in [2.45, 2.75) is 58.2 Å². The first-order valence-electron chi connectivity index (χ1n) is 5.00. The zero-order valence-corrected chi connectivity index (χ0v) is 13.1. The maximum absolute atomic E-state index is 10.4. The third kappa shape index (κ3) is 3.93. The lowest BCUT2D eigenvalue weighted by molar-refractivity contribution is 0.474. The number of hydrogen-bond donors (Lipinski definition) is 2. The van der Waals surface area contributed by atoms with Crippen molar-refractivity contribution < 1.29 is 9.59 Å². The summed E-state index contributed by atoms with van der Waals surface area (Å²) in [5.74, 6) is 0. The molecule has 0 spiro atoms. The lowest BCUT2D eigenvalue weighted by Crippen LogP contribution is -2.44. The van der Waals surface area contributed by atoms with Gasteiger partial charge in [0.15, 0.2) is 8.32 Å². The first kappa shape index (κ1) is 15.8. The van der Waals surface area contributed by atoms with Crippen LogP contribution in [0.3, 0.4) is 0 Å². The normalized spacial score (nSPS) is 12.2. The predicted octanol–water partition coefficient (Wildman–Crippen LogP) is 1.41. The summed E-state index contributed by atoms with van der Waals surface area (Å²) in [7, 11) is -1.68. The summed E-state index contributed by atoms with van der Waals surface area (Å²) in [6.45, 7) is 12.9. The SMILES string of the molecule is CC(C)[Si](O)(C(C)C)C(C)C.O[SiH3]. The van der Waals surface area contributed by atoms with Gasteiger partial charge in [-0.2, -0.15) is 0 Å². The van der Waals surface area contributed by atoms with E-state index in [1.165, 1.54) is 0 Å². The Balaban J connectivity index is 0. The molecule has 0 amide bonds. The van der Waals surface area contributed by atoms with Crippen LogP contribution in [-0.2, 0) is 0 Å². The van der Waals surface area contributed by atoms with E-state index in [1.54, 1.807) is 0 Å². The van der Waals surface area contributed by atoms with Gasteiger partial charge < -0.3 is 9.59 Å². The van der Waals surface area contributed by atoms with Crippen LogP contribution >= 0.6 is 0 Å². The van der Waals surface area contributed by atoms with Crippen molar-refractivity contribution in [1.29, 1.82) is 0 Å². The van der Waals surface area contributed by atoms with Crippen LogP contribution in [0.5, 0.6) is 0 Å². The predicted molar refractivity (Wildman–Crippen MR) is 65.4 cm³/mol. The maximum Gasteiger partial charge on any atom is 0.196 e. The van der Waals surface area contributed by atoms with E-state index in [4.69, 9.17) is 4.80 Å². The molecule has 0 fully saturated rings. The van der Waals surface area contributed by atoms with E-state index < -0.39 is 8.32 Å². The molecule has 0 saturated heterocycles. The fraction of sp³-hybridized carbons (Fsp3) is 1.00. The van der Waals surface area contributed by atoms with Crippen LogP contribution in [0.15, 0.2) is 0 Å².